The van der Waals surface area contributed by atoms with Crippen LogP contribution in [-0.2, 0) is 11.3 Å². The van der Waals surface area contributed by atoms with Crippen molar-refractivity contribution in [2.24, 2.45) is 0 Å². The molecule has 1 aromatic carbocycles. The molecule has 110 valence electrons. The van der Waals surface area contributed by atoms with Gasteiger partial charge in [-0.1, -0.05) is 18.2 Å². The first-order chi connectivity index (χ1) is 10.2. The molecule has 1 heterocycles. The SMILES string of the molecule is COc1cccc(CNC(=O)CCC(=O)c2cccs2)c1. The largest absolute Gasteiger partial charge is 0.497 e. The number of thiophene rings is 1. The number of Topliss-reactive ketones (excluding diaryl/α,β-unsaturated/α-hetero) is 1. The van der Waals surface area contributed by atoms with Crippen LogP contribution in [0.15, 0.2) is 41.8 Å². The van der Waals surface area contributed by atoms with Gasteiger partial charge >= 0.3 is 0 Å². The highest BCUT2D eigenvalue weighted by molar-refractivity contribution is 7.12. The molecule has 0 aliphatic rings. The van der Waals surface area contributed by atoms with Crippen molar-refractivity contribution in [3.8, 4) is 5.75 Å². The van der Waals surface area contributed by atoms with Crippen molar-refractivity contribution in [2.75, 3.05) is 7.11 Å². The lowest BCUT2D eigenvalue weighted by molar-refractivity contribution is -0.121. The molecule has 0 aliphatic heterocycles. The van der Waals surface area contributed by atoms with Gasteiger partial charge in [0.1, 0.15) is 5.75 Å². The van der Waals surface area contributed by atoms with E-state index in [2.05, 4.69) is 5.32 Å². The number of carbonyl (C=O) groups excluding carboxylic acids is 2. The van der Waals surface area contributed by atoms with Gasteiger partial charge in [-0.3, -0.25) is 9.59 Å². The summed E-state index contributed by atoms with van der Waals surface area (Å²) < 4.78 is 5.13. The van der Waals surface area contributed by atoms with Crippen LogP contribution in [0, 0.1) is 0 Å². The van der Waals surface area contributed by atoms with E-state index in [1.54, 1.807) is 13.2 Å². The van der Waals surface area contributed by atoms with Gasteiger partial charge in [-0.25, -0.2) is 0 Å². The second-order valence-corrected chi connectivity index (χ2v) is 5.48. The number of nitrogens with one attached hydrogen (secondary N) is 1. The number of ketones is 1. The van der Waals surface area contributed by atoms with Crippen molar-refractivity contribution in [1.29, 1.82) is 0 Å². The van der Waals surface area contributed by atoms with Gasteiger partial charge in [-0.15, -0.1) is 11.3 Å². The molecule has 2 rings (SSSR count). The van der Waals surface area contributed by atoms with E-state index in [1.807, 2.05) is 35.7 Å². The van der Waals surface area contributed by atoms with Crippen LogP contribution in [0.3, 0.4) is 0 Å². The fraction of sp³-hybridized carbons (Fsp3) is 0.250. The van der Waals surface area contributed by atoms with E-state index in [-0.39, 0.29) is 24.5 Å². The zero-order valence-corrected chi connectivity index (χ0v) is 12.6. The third kappa shape index (κ3) is 4.72. The molecule has 5 heteroatoms. The van der Waals surface area contributed by atoms with Gasteiger partial charge < -0.3 is 10.1 Å². The number of methoxy groups -OCH3 is 1. The fourth-order valence-electron chi connectivity index (χ4n) is 1.86. The minimum atomic E-state index is -0.122. The number of carbonyl (C=O) groups is 2. The first-order valence-corrected chi connectivity index (χ1v) is 7.53. The van der Waals surface area contributed by atoms with Crippen molar-refractivity contribution in [3.63, 3.8) is 0 Å². The highest BCUT2D eigenvalue weighted by Gasteiger charge is 2.09. The molecule has 1 N–H and O–H groups in total. The summed E-state index contributed by atoms with van der Waals surface area (Å²) in [6, 6.07) is 11.1. The summed E-state index contributed by atoms with van der Waals surface area (Å²) in [5.74, 6) is 0.652. The summed E-state index contributed by atoms with van der Waals surface area (Å²) in [5.41, 5.74) is 0.965. The zero-order chi connectivity index (χ0) is 15.1. The van der Waals surface area contributed by atoms with E-state index in [4.69, 9.17) is 4.74 Å². The fourth-order valence-corrected chi connectivity index (χ4v) is 2.55. The van der Waals surface area contributed by atoms with Crippen LogP contribution >= 0.6 is 11.3 Å². The highest BCUT2D eigenvalue weighted by Crippen LogP contribution is 2.13. The molecule has 0 radical (unpaired) electrons. The Morgan fingerprint density at radius 1 is 1.19 bits per heavy atom. The van der Waals surface area contributed by atoms with Crippen LogP contribution in [0.5, 0.6) is 5.75 Å². The highest BCUT2D eigenvalue weighted by atomic mass is 32.1. The maximum absolute atomic E-state index is 11.8. The molecule has 1 aromatic heterocycles. The molecule has 1 amide bonds. The Morgan fingerprint density at radius 3 is 2.76 bits per heavy atom. The monoisotopic (exact) mass is 303 g/mol. The van der Waals surface area contributed by atoms with Gasteiger partial charge in [0.05, 0.1) is 12.0 Å². The molecule has 0 unspecified atom stereocenters. The molecular formula is C16H17NO3S. The van der Waals surface area contributed by atoms with Crippen molar-refractivity contribution < 1.29 is 14.3 Å². The maximum Gasteiger partial charge on any atom is 0.220 e. The van der Waals surface area contributed by atoms with Crippen LogP contribution in [0.1, 0.15) is 28.1 Å². The average Bonchev–Trinajstić information content (AvgIpc) is 3.05. The van der Waals surface area contributed by atoms with E-state index in [0.29, 0.717) is 11.4 Å². The quantitative estimate of drug-likeness (QED) is 0.800. The molecule has 0 bridgehead atoms. The summed E-state index contributed by atoms with van der Waals surface area (Å²) in [7, 11) is 1.61. The Morgan fingerprint density at radius 2 is 2.05 bits per heavy atom. The van der Waals surface area contributed by atoms with Gasteiger partial charge in [-0.2, -0.15) is 0 Å². The number of amides is 1. The maximum atomic E-state index is 11.8. The Balaban J connectivity index is 1.75. The van der Waals surface area contributed by atoms with Gasteiger partial charge in [0.2, 0.25) is 5.91 Å². The van der Waals surface area contributed by atoms with E-state index < -0.39 is 0 Å². The minimum absolute atomic E-state index is 0.0153. The Labute approximate surface area is 127 Å². The van der Waals surface area contributed by atoms with Gasteiger partial charge in [-0.05, 0) is 29.1 Å². The lowest BCUT2D eigenvalue weighted by Crippen LogP contribution is -2.23. The standard InChI is InChI=1S/C16H17NO3S/c1-20-13-5-2-4-12(10-13)11-17-16(19)8-7-14(18)15-6-3-9-21-15/h2-6,9-10H,7-8,11H2,1H3,(H,17,19). The zero-order valence-electron chi connectivity index (χ0n) is 11.8. The lowest BCUT2D eigenvalue weighted by Gasteiger charge is -2.06. The molecule has 21 heavy (non-hydrogen) atoms. The summed E-state index contributed by atoms with van der Waals surface area (Å²) in [6.45, 7) is 0.434. The van der Waals surface area contributed by atoms with Crippen LogP contribution < -0.4 is 10.1 Å². The number of hydrogen-bond acceptors (Lipinski definition) is 4. The third-order valence-electron chi connectivity index (χ3n) is 3.00. The second-order valence-electron chi connectivity index (χ2n) is 4.53. The second kappa shape index (κ2) is 7.59. The number of hydrogen-bond donors (Lipinski definition) is 1. The molecular weight excluding hydrogens is 286 g/mol. The van der Waals surface area contributed by atoms with Crippen molar-refractivity contribution in [3.05, 3.63) is 52.2 Å². The first-order valence-electron chi connectivity index (χ1n) is 6.65. The predicted octanol–water partition coefficient (Wildman–Crippen LogP) is 3.04. The normalized spacial score (nSPS) is 10.1. The summed E-state index contributed by atoms with van der Waals surface area (Å²) in [6.07, 6.45) is 0.450. The molecule has 0 aliphatic carbocycles. The van der Waals surface area contributed by atoms with Gasteiger partial charge in [0, 0.05) is 19.4 Å². The third-order valence-corrected chi connectivity index (χ3v) is 3.91. The molecule has 2 aromatic rings. The summed E-state index contributed by atoms with van der Waals surface area (Å²) in [4.78, 5) is 24.2. The number of ether oxygens (including phenoxy) is 1. The van der Waals surface area contributed by atoms with E-state index in [1.165, 1.54) is 11.3 Å². The van der Waals surface area contributed by atoms with Crippen molar-refractivity contribution >= 4 is 23.0 Å². The topological polar surface area (TPSA) is 55.4 Å². The van der Waals surface area contributed by atoms with Crippen molar-refractivity contribution in [1.82, 2.24) is 5.32 Å². The summed E-state index contributed by atoms with van der Waals surface area (Å²) >= 11 is 1.40. The van der Waals surface area contributed by atoms with E-state index in [0.717, 1.165) is 11.3 Å². The first kappa shape index (κ1) is 15.3. The lowest BCUT2D eigenvalue weighted by atomic mass is 10.1. The smallest absolute Gasteiger partial charge is 0.220 e. The van der Waals surface area contributed by atoms with Gasteiger partial charge in [0.25, 0.3) is 0 Å². The van der Waals surface area contributed by atoms with Crippen LogP contribution in [0.25, 0.3) is 0 Å². The summed E-state index contributed by atoms with van der Waals surface area (Å²) in [5, 5.41) is 4.66. The van der Waals surface area contributed by atoms with Crippen LogP contribution in [-0.4, -0.2) is 18.8 Å². The Hall–Kier alpha value is -2.14. The van der Waals surface area contributed by atoms with E-state index in [9.17, 15) is 9.59 Å². The van der Waals surface area contributed by atoms with Crippen LogP contribution in [0.4, 0.5) is 0 Å². The van der Waals surface area contributed by atoms with E-state index >= 15 is 0 Å². The minimum Gasteiger partial charge on any atom is -0.497 e. The number of rotatable bonds is 7. The van der Waals surface area contributed by atoms with Crippen LogP contribution in [0.2, 0.25) is 0 Å². The molecule has 0 saturated heterocycles. The molecule has 0 fully saturated rings. The van der Waals surface area contributed by atoms with Crippen molar-refractivity contribution in [2.45, 2.75) is 19.4 Å². The molecule has 0 spiro atoms. The predicted molar refractivity (Wildman–Crippen MR) is 82.7 cm³/mol. The molecule has 0 saturated carbocycles. The Kier molecular flexibility index (Phi) is 5.51. The van der Waals surface area contributed by atoms with Gasteiger partial charge in [0.15, 0.2) is 5.78 Å². The molecule has 0 atom stereocenters. The average molecular weight is 303 g/mol. The number of benzene rings is 1. The molecule has 4 nitrogen and oxygen atoms in total. The Bertz CT molecular complexity index is 608.